The molecule has 1 aromatic carbocycles. The Hall–Kier alpha value is -1.36. The van der Waals surface area contributed by atoms with Gasteiger partial charge in [0.15, 0.2) is 0 Å². The minimum absolute atomic E-state index is 0.110. The largest absolute Gasteiger partial charge is 0.480 e. The Morgan fingerprint density at radius 2 is 2.33 bits per heavy atom. The third-order valence-electron chi connectivity index (χ3n) is 2.19. The molecule has 0 saturated carbocycles. The van der Waals surface area contributed by atoms with Crippen LogP contribution in [0.2, 0.25) is 0 Å². The molecule has 0 aliphatic heterocycles. The molecule has 0 bridgehead atoms. The topological polar surface area (TPSA) is 55.1 Å². The van der Waals surface area contributed by atoms with Gasteiger partial charge in [0.2, 0.25) is 0 Å². The van der Waals surface area contributed by atoms with E-state index in [1.807, 2.05) is 25.1 Å². The van der Waals surface area contributed by atoms with E-state index in [1.54, 1.807) is 0 Å². The number of hydrogen-bond donors (Lipinski definition) is 1. The van der Waals surface area contributed by atoms with Gasteiger partial charge in [0.25, 0.3) is 0 Å². The number of benzene rings is 1. The predicted octanol–water partition coefficient (Wildman–Crippen LogP) is 2.19. The van der Waals surface area contributed by atoms with Crippen molar-refractivity contribution in [1.29, 1.82) is 0 Å². The Morgan fingerprint density at radius 3 is 3.00 bits per heavy atom. The molecule has 0 saturated heterocycles. The fourth-order valence-corrected chi connectivity index (χ4v) is 2.26. The van der Waals surface area contributed by atoms with Gasteiger partial charge < -0.3 is 5.11 Å². The van der Waals surface area contributed by atoms with Crippen LogP contribution in [0, 0.1) is 6.92 Å². The molecular formula is C10H9BrN2O2. The van der Waals surface area contributed by atoms with Crippen LogP contribution in [0.25, 0.3) is 10.9 Å². The number of hydrogen-bond acceptors (Lipinski definition) is 2. The van der Waals surface area contributed by atoms with Crippen molar-refractivity contribution in [2.75, 3.05) is 0 Å². The normalized spacial score (nSPS) is 10.8. The van der Waals surface area contributed by atoms with E-state index < -0.39 is 5.97 Å². The van der Waals surface area contributed by atoms with Crippen LogP contribution in [0.3, 0.4) is 0 Å². The molecule has 0 fully saturated rings. The molecule has 0 unspecified atom stereocenters. The zero-order chi connectivity index (χ0) is 11.0. The van der Waals surface area contributed by atoms with Crippen molar-refractivity contribution < 1.29 is 9.90 Å². The van der Waals surface area contributed by atoms with Crippen LogP contribution in [0.15, 0.2) is 22.7 Å². The molecular weight excluding hydrogens is 260 g/mol. The summed E-state index contributed by atoms with van der Waals surface area (Å²) in [5.41, 5.74) is 1.67. The van der Waals surface area contributed by atoms with E-state index in [0.717, 1.165) is 21.1 Å². The van der Waals surface area contributed by atoms with E-state index in [2.05, 4.69) is 21.0 Å². The molecule has 0 amide bonds. The fraction of sp³-hybridized carbons (Fsp3) is 0.200. The predicted molar refractivity (Wildman–Crippen MR) is 59.8 cm³/mol. The smallest absolute Gasteiger partial charge is 0.325 e. The zero-order valence-electron chi connectivity index (χ0n) is 8.07. The van der Waals surface area contributed by atoms with Crippen molar-refractivity contribution in [3.63, 3.8) is 0 Å². The van der Waals surface area contributed by atoms with Crippen LogP contribution in [-0.4, -0.2) is 20.9 Å². The van der Waals surface area contributed by atoms with Gasteiger partial charge in [0.05, 0.1) is 11.2 Å². The standard InChI is InChI=1S/C10H9BrN2O2/c1-6-10-7(11)3-2-4-8(10)13(12-6)5-9(14)15/h2-4H,5H2,1H3,(H,14,15). The first-order chi connectivity index (χ1) is 7.09. The van der Waals surface area contributed by atoms with E-state index >= 15 is 0 Å². The lowest BCUT2D eigenvalue weighted by Gasteiger charge is -1.98. The van der Waals surface area contributed by atoms with Crippen LogP contribution < -0.4 is 0 Å². The highest BCUT2D eigenvalue weighted by atomic mass is 79.9. The van der Waals surface area contributed by atoms with Gasteiger partial charge in [-0.1, -0.05) is 22.0 Å². The molecule has 2 aromatic rings. The molecule has 0 radical (unpaired) electrons. The maximum Gasteiger partial charge on any atom is 0.325 e. The minimum Gasteiger partial charge on any atom is -0.480 e. The number of fused-ring (bicyclic) bond motifs is 1. The second-order valence-corrected chi connectivity index (χ2v) is 4.13. The fourth-order valence-electron chi connectivity index (χ4n) is 1.62. The Bertz CT molecular complexity index is 533. The van der Waals surface area contributed by atoms with Crippen LogP contribution in [0.4, 0.5) is 0 Å². The van der Waals surface area contributed by atoms with E-state index in [-0.39, 0.29) is 6.54 Å². The molecule has 1 aromatic heterocycles. The molecule has 2 rings (SSSR count). The SMILES string of the molecule is Cc1nn(CC(=O)O)c2cccc(Br)c12. The van der Waals surface area contributed by atoms with E-state index in [9.17, 15) is 4.79 Å². The van der Waals surface area contributed by atoms with Crippen molar-refractivity contribution in [3.05, 3.63) is 28.4 Å². The second kappa shape index (κ2) is 3.66. The van der Waals surface area contributed by atoms with Gasteiger partial charge in [-0.2, -0.15) is 5.10 Å². The van der Waals surface area contributed by atoms with E-state index in [1.165, 1.54) is 4.68 Å². The summed E-state index contributed by atoms with van der Waals surface area (Å²) in [4.78, 5) is 10.6. The average molecular weight is 269 g/mol. The lowest BCUT2D eigenvalue weighted by atomic mass is 10.2. The van der Waals surface area contributed by atoms with Gasteiger partial charge in [0, 0.05) is 9.86 Å². The Labute approximate surface area is 94.6 Å². The molecule has 15 heavy (non-hydrogen) atoms. The number of aliphatic carboxylic acids is 1. The first-order valence-electron chi connectivity index (χ1n) is 4.43. The Kier molecular flexibility index (Phi) is 2.48. The van der Waals surface area contributed by atoms with Gasteiger partial charge in [-0.25, -0.2) is 0 Å². The summed E-state index contributed by atoms with van der Waals surface area (Å²) in [5, 5.41) is 13.9. The monoisotopic (exact) mass is 268 g/mol. The summed E-state index contributed by atoms with van der Waals surface area (Å²) < 4.78 is 2.44. The average Bonchev–Trinajstić information content (AvgIpc) is 2.44. The van der Waals surface area contributed by atoms with Gasteiger partial charge in [0.1, 0.15) is 6.54 Å². The number of rotatable bonds is 2. The van der Waals surface area contributed by atoms with E-state index in [0.29, 0.717) is 0 Å². The first kappa shape index (κ1) is 10.2. The summed E-state index contributed by atoms with van der Waals surface area (Å²) in [6.07, 6.45) is 0. The summed E-state index contributed by atoms with van der Waals surface area (Å²) in [6.45, 7) is 1.76. The molecule has 1 heterocycles. The Morgan fingerprint density at radius 1 is 1.60 bits per heavy atom. The maximum atomic E-state index is 10.6. The molecule has 0 aliphatic rings. The first-order valence-corrected chi connectivity index (χ1v) is 5.22. The maximum absolute atomic E-state index is 10.6. The van der Waals surface area contributed by atoms with Crippen LogP contribution >= 0.6 is 15.9 Å². The lowest BCUT2D eigenvalue weighted by Crippen LogP contribution is -2.09. The third kappa shape index (κ3) is 1.74. The van der Waals surface area contributed by atoms with Crippen molar-refractivity contribution in [1.82, 2.24) is 9.78 Å². The number of carbonyl (C=O) groups is 1. The number of carboxylic acids is 1. The van der Waals surface area contributed by atoms with Gasteiger partial charge >= 0.3 is 5.97 Å². The number of aromatic nitrogens is 2. The second-order valence-electron chi connectivity index (χ2n) is 3.27. The molecule has 0 spiro atoms. The quantitative estimate of drug-likeness (QED) is 0.909. The van der Waals surface area contributed by atoms with E-state index in [4.69, 9.17) is 5.11 Å². The van der Waals surface area contributed by atoms with Crippen LogP contribution in [0.1, 0.15) is 5.69 Å². The zero-order valence-corrected chi connectivity index (χ0v) is 9.65. The molecule has 78 valence electrons. The summed E-state index contributed by atoms with van der Waals surface area (Å²) in [7, 11) is 0. The molecule has 4 nitrogen and oxygen atoms in total. The van der Waals surface area contributed by atoms with Gasteiger partial charge in [-0.15, -0.1) is 0 Å². The molecule has 0 aliphatic carbocycles. The van der Waals surface area contributed by atoms with Gasteiger partial charge in [-0.05, 0) is 19.1 Å². The highest BCUT2D eigenvalue weighted by Gasteiger charge is 2.11. The number of carboxylic acid groups (broad SMARTS) is 1. The van der Waals surface area contributed by atoms with Crippen LogP contribution in [0.5, 0.6) is 0 Å². The molecule has 5 heteroatoms. The van der Waals surface area contributed by atoms with Crippen LogP contribution in [-0.2, 0) is 11.3 Å². The van der Waals surface area contributed by atoms with Crippen molar-refractivity contribution in [3.8, 4) is 0 Å². The third-order valence-corrected chi connectivity index (χ3v) is 2.85. The highest BCUT2D eigenvalue weighted by molar-refractivity contribution is 9.10. The summed E-state index contributed by atoms with van der Waals surface area (Å²) in [5.74, 6) is -0.889. The van der Waals surface area contributed by atoms with Crippen molar-refractivity contribution in [2.45, 2.75) is 13.5 Å². The molecule has 1 N–H and O–H groups in total. The summed E-state index contributed by atoms with van der Waals surface area (Å²) in [6, 6.07) is 5.65. The number of halogens is 1. The van der Waals surface area contributed by atoms with Gasteiger partial charge in [-0.3, -0.25) is 9.48 Å². The highest BCUT2D eigenvalue weighted by Crippen LogP contribution is 2.26. The minimum atomic E-state index is -0.889. The number of nitrogens with zero attached hydrogens (tertiary/aromatic N) is 2. The Balaban J connectivity index is 2.68. The van der Waals surface area contributed by atoms with Crippen molar-refractivity contribution >= 4 is 32.8 Å². The number of aryl methyl sites for hydroxylation is 1. The molecule has 0 atom stereocenters. The lowest BCUT2D eigenvalue weighted by molar-refractivity contribution is -0.137. The summed E-state index contributed by atoms with van der Waals surface area (Å²) >= 11 is 3.43. The van der Waals surface area contributed by atoms with Crippen molar-refractivity contribution in [2.24, 2.45) is 0 Å².